The van der Waals surface area contributed by atoms with Crippen LogP contribution < -0.4 is 4.90 Å². The molecule has 0 radical (unpaired) electrons. The first-order chi connectivity index (χ1) is 11.5. The third-order valence-electron chi connectivity index (χ3n) is 4.19. The number of ether oxygens (including phenoxy) is 1. The molecular formula is C17H24ClN2O3S+. The van der Waals surface area contributed by atoms with Crippen LogP contribution in [0.15, 0.2) is 24.3 Å². The summed E-state index contributed by atoms with van der Waals surface area (Å²) >= 11 is 8.00. The van der Waals surface area contributed by atoms with Gasteiger partial charge >= 0.3 is 5.97 Å². The Morgan fingerprint density at radius 3 is 2.83 bits per heavy atom. The molecule has 2 rings (SSSR count). The number of halogens is 1. The first-order valence-corrected chi connectivity index (χ1v) is 9.52. The molecule has 1 heterocycles. The van der Waals surface area contributed by atoms with Crippen molar-refractivity contribution in [3.05, 3.63) is 34.9 Å². The highest BCUT2D eigenvalue weighted by Gasteiger charge is 2.34. The van der Waals surface area contributed by atoms with Crippen molar-refractivity contribution in [3.8, 4) is 0 Å². The fourth-order valence-electron chi connectivity index (χ4n) is 2.62. The van der Waals surface area contributed by atoms with E-state index in [0.717, 1.165) is 16.2 Å². The van der Waals surface area contributed by atoms with Crippen molar-refractivity contribution in [2.24, 2.45) is 0 Å². The van der Waals surface area contributed by atoms with Gasteiger partial charge < -0.3 is 14.5 Å². The Morgan fingerprint density at radius 2 is 2.17 bits per heavy atom. The van der Waals surface area contributed by atoms with Gasteiger partial charge in [0.15, 0.2) is 12.6 Å². The molecule has 24 heavy (non-hydrogen) atoms. The van der Waals surface area contributed by atoms with Crippen LogP contribution in [0.3, 0.4) is 0 Å². The second-order valence-corrected chi connectivity index (χ2v) is 7.42. The van der Waals surface area contributed by atoms with Gasteiger partial charge in [-0.15, -0.1) is 11.8 Å². The maximum atomic E-state index is 12.7. The second kappa shape index (κ2) is 8.74. The Morgan fingerprint density at radius 1 is 1.46 bits per heavy atom. The summed E-state index contributed by atoms with van der Waals surface area (Å²) in [6.45, 7) is 4.86. The Bertz CT molecular complexity index is 599. The van der Waals surface area contributed by atoms with Gasteiger partial charge in [-0.05, 0) is 19.9 Å². The number of hydrogen-bond acceptors (Lipinski definition) is 4. The van der Waals surface area contributed by atoms with Crippen molar-refractivity contribution in [1.82, 2.24) is 4.90 Å². The van der Waals surface area contributed by atoms with Crippen LogP contribution in [0.25, 0.3) is 0 Å². The molecule has 1 N–H and O–H groups in total. The summed E-state index contributed by atoms with van der Waals surface area (Å²) in [5, 5.41) is 0.618. The van der Waals surface area contributed by atoms with Gasteiger partial charge in [0.1, 0.15) is 5.37 Å². The zero-order chi connectivity index (χ0) is 17.7. The lowest BCUT2D eigenvalue weighted by Crippen LogP contribution is -3.14. The Hall–Kier alpha value is -1.24. The minimum Gasteiger partial charge on any atom is -0.462 e. The molecular weight excluding hydrogens is 348 g/mol. The number of benzene rings is 1. The zero-order valence-electron chi connectivity index (χ0n) is 14.3. The van der Waals surface area contributed by atoms with Gasteiger partial charge in [-0.3, -0.25) is 4.79 Å². The molecule has 3 atom stereocenters. The zero-order valence-corrected chi connectivity index (χ0v) is 15.8. The molecule has 132 valence electrons. The minimum absolute atomic E-state index is 0.0265. The average molecular weight is 372 g/mol. The maximum Gasteiger partial charge on any atom is 0.364 e. The Balaban J connectivity index is 2.03. The molecule has 1 fully saturated rings. The third-order valence-corrected chi connectivity index (χ3v) is 5.78. The van der Waals surface area contributed by atoms with E-state index in [1.807, 2.05) is 36.2 Å². The molecule has 0 saturated carbocycles. The molecule has 0 aromatic heterocycles. The highest BCUT2D eigenvalue weighted by atomic mass is 35.5. The smallest absolute Gasteiger partial charge is 0.364 e. The highest BCUT2D eigenvalue weighted by Crippen LogP contribution is 2.40. The number of amides is 1. The van der Waals surface area contributed by atoms with Crippen LogP contribution in [-0.4, -0.2) is 55.3 Å². The van der Waals surface area contributed by atoms with E-state index in [1.165, 1.54) is 0 Å². The Kier molecular flexibility index (Phi) is 6.95. The summed E-state index contributed by atoms with van der Waals surface area (Å²) in [7, 11) is 1.84. The van der Waals surface area contributed by atoms with E-state index in [2.05, 4.69) is 0 Å². The maximum absolute atomic E-state index is 12.7. The van der Waals surface area contributed by atoms with E-state index in [9.17, 15) is 9.59 Å². The molecule has 1 aliphatic rings. The number of nitrogens with one attached hydrogen (secondary N) is 1. The summed E-state index contributed by atoms with van der Waals surface area (Å²) in [6, 6.07) is 7.25. The van der Waals surface area contributed by atoms with Crippen LogP contribution in [0.5, 0.6) is 0 Å². The van der Waals surface area contributed by atoms with E-state index in [4.69, 9.17) is 16.3 Å². The van der Waals surface area contributed by atoms with Crippen molar-refractivity contribution < 1.29 is 19.2 Å². The molecule has 0 bridgehead atoms. The first-order valence-electron chi connectivity index (χ1n) is 8.10. The number of hydrogen-bond donors (Lipinski definition) is 1. The topological polar surface area (TPSA) is 51.1 Å². The monoisotopic (exact) mass is 371 g/mol. The summed E-state index contributed by atoms with van der Waals surface area (Å²) in [6.07, 6.45) is 0. The van der Waals surface area contributed by atoms with Crippen molar-refractivity contribution in [2.45, 2.75) is 25.3 Å². The van der Waals surface area contributed by atoms with Crippen LogP contribution in [-0.2, 0) is 14.3 Å². The molecule has 1 unspecified atom stereocenters. The number of quaternary nitrogens is 1. The summed E-state index contributed by atoms with van der Waals surface area (Å²) < 4.78 is 5.03. The third kappa shape index (κ3) is 4.43. The van der Waals surface area contributed by atoms with E-state index in [0.29, 0.717) is 18.2 Å². The van der Waals surface area contributed by atoms with Crippen molar-refractivity contribution in [3.63, 3.8) is 0 Å². The normalized spacial score (nSPS) is 19.8. The van der Waals surface area contributed by atoms with Gasteiger partial charge in [-0.25, -0.2) is 4.79 Å². The number of thioether (sulfide) groups is 1. The predicted octanol–water partition coefficient (Wildman–Crippen LogP) is 1.38. The van der Waals surface area contributed by atoms with Crippen LogP contribution in [0.1, 0.15) is 24.8 Å². The Labute approximate surface area is 152 Å². The minimum atomic E-state index is -0.372. The van der Waals surface area contributed by atoms with E-state index in [-0.39, 0.29) is 29.8 Å². The van der Waals surface area contributed by atoms with Crippen LogP contribution in [0.2, 0.25) is 5.02 Å². The van der Waals surface area contributed by atoms with Crippen molar-refractivity contribution in [2.75, 3.05) is 32.5 Å². The molecule has 0 aliphatic carbocycles. The SMILES string of the molecule is CCOC(=O)[C@@H](C)[NH+](C)CC(=O)N1CCS[C@@H]1c1ccccc1Cl. The van der Waals surface area contributed by atoms with E-state index >= 15 is 0 Å². The molecule has 0 spiro atoms. The van der Waals surface area contributed by atoms with Crippen LogP contribution in [0, 0.1) is 0 Å². The molecule has 1 aromatic rings. The summed E-state index contributed by atoms with van der Waals surface area (Å²) in [4.78, 5) is 27.2. The lowest BCUT2D eigenvalue weighted by atomic mass is 10.2. The number of carbonyl (C=O) groups excluding carboxylic acids is 2. The largest absolute Gasteiger partial charge is 0.462 e. The number of nitrogens with zero attached hydrogens (tertiary/aromatic N) is 1. The fraction of sp³-hybridized carbons (Fsp3) is 0.529. The van der Waals surface area contributed by atoms with Gasteiger partial charge in [-0.1, -0.05) is 29.8 Å². The average Bonchev–Trinajstić information content (AvgIpc) is 3.04. The fourth-order valence-corrected chi connectivity index (χ4v) is 4.24. The molecule has 1 aromatic carbocycles. The van der Waals surface area contributed by atoms with E-state index < -0.39 is 0 Å². The molecule has 1 aliphatic heterocycles. The van der Waals surface area contributed by atoms with Gasteiger partial charge in [0.2, 0.25) is 0 Å². The van der Waals surface area contributed by atoms with Crippen molar-refractivity contribution >= 4 is 35.2 Å². The molecule has 1 amide bonds. The molecule has 7 heteroatoms. The quantitative estimate of drug-likeness (QED) is 0.768. The summed E-state index contributed by atoms with van der Waals surface area (Å²) in [5.41, 5.74) is 0.964. The number of likely N-dealkylation sites (N-methyl/N-ethyl adjacent to an activating group) is 1. The lowest BCUT2D eigenvalue weighted by molar-refractivity contribution is -0.887. The lowest BCUT2D eigenvalue weighted by Gasteiger charge is -2.27. The standard InChI is InChI=1S/C17H23ClN2O3S/c1-4-23-17(22)12(2)19(3)11-15(21)20-9-10-24-16(20)13-7-5-6-8-14(13)18/h5-8,12,16H,4,9-11H2,1-3H3/p+1/t12-,16-/m1/s1. The first kappa shape index (κ1) is 19.1. The van der Waals surface area contributed by atoms with Gasteiger partial charge in [-0.2, -0.15) is 0 Å². The summed E-state index contributed by atoms with van der Waals surface area (Å²) in [5.74, 6) is 0.633. The molecule has 5 nitrogen and oxygen atoms in total. The van der Waals surface area contributed by atoms with Crippen LogP contribution in [0.4, 0.5) is 0 Å². The highest BCUT2D eigenvalue weighted by molar-refractivity contribution is 7.99. The molecule has 1 saturated heterocycles. The van der Waals surface area contributed by atoms with E-state index in [1.54, 1.807) is 25.6 Å². The van der Waals surface area contributed by atoms with Gasteiger partial charge in [0.25, 0.3) is 5.91 Å². The van der Waals surface area contributed by atoms with Gasteiger partial charge in [0, 0.05) is 22.9 Å². The van der Waals surface area contributed by atoms with Gasteiger partial charge in [0.05, 0.1) is 13.7 Å². The van der Waals surface area contributed by atoms with Crippen molar-refractivity contribution in [1.29, 1.82) is 0 Å². The number of rotatable bonds is 6. The van der Waals surface area contributed by atoms with Crippen LogP contribution >= 0.6 is 23.4 Å². The predicted molar refractivity (Wildman–Crippen MR) is 96.2 cm³/mol. The number of esters is 1. The second-order valence-electron chi connectivity index (χ2n) is 5.83. The number of carbonyl (C=O) groups is 2.